The number of rotatable bonds is 6. The zero-order valence-corrected chi connectivity index (χ0v) is 20.7. The van der Waals surface area contributed by atoms with Crippen molar-refractivity contribution in [3.05, 3.63) is 109 Å². The number of fused-ring (bicyclic) bond motifs is 1. The van der Waals surface area contributed by atoms with Crippen LogP contribution in [0, 0.1) is 0 Å². The Kier molecular flexibility index (Phi) is 5.92. The minimum Gasteiger partial charge on any atom is -0.352 e. The van der Waals surface area contributed by atoms with Crippen molar-refractivity contribution in [3.8, 4) is 5.13 Å². The van der Waals surface area contributed by atoms with Gasteiger partial charge in [0.05, 0.1) is 33.7 Å². The van der Waals surface area contributed by atoms with E-state index in [9.17, 15) is 4.79 Å². The number of anilines is 1. The fraction of sp³-hybridized carbons (Fsp3) is 0.111. The van der Waals surface area contributed by atoms with Crippen molar-refractivity contribution in [2.24, 2.45) is 0 Å². The number of carbonyl (C=O) groups excluding carboxylic acids is 1. The van der Waals surface area contributed by atoms with Crippen LogP contribution in [0.2, 0.25) is 0 Å². The molecular formula is C27H22N6OS2. The normalized spacial score (nSPS) is 17.3. The average molecular weight is 511 g/mol. The SMILES string of the molecule is O=C(CN1C(=S)N[C@@H](c2ccccn2)[C@@H]1c1cccn1-c1nc2ccccc2s1)Nc1ccccc1. The lowest BCUT2D eigenvalue weighted by Gasteiger charge is -2.28. The number of amides is 1. The van der Waals surface area contributed by atoms with Gasteiger partial charge in [-0.2, -0.15) is 0 Å². The largest absolute Gasteiger partial charge is 0.352 e. The molecule has 0 spiro atoms. The molecule has 0 aliphatic carbocycles. The Bertz CT molecular complexity index is 1500. The molecule has 1 aliphatic heterocycles. The smallest absolute Gasteiger partial charge is 0.244 e. The zero-order valence-electron chi connectivity index (χ0n) is 19.1. The minimum absolute atomic E-state index is 0.0970. The predicted molar refractivity (Wildman–Crippen MR) is 146 cm³/mol. The van der Waals surface area contributed by atoms with Crippen LogP contribution >= 0.6 is 23.6 Å². The number of thiazole rings is 1. The Labute approximate surface area is 217 Å². The number of carbonyl (C=O) groups is 1. The lowest BCUT2D eigenvalue weighted by Crippen LogP contribution is -2.37. The summed E-state index contributed by atoms with van der Waals surface area (Å²) in [6.45, 7) is 0.0970. The lowest BCUT2D eigenvalue weighted by atomic mass is 10.0. The fourth-order valence-corrected chi connectivity index (χ4v) is 5.82. The topological polar surface area (TPSA) is 75.1 Å². The van der Waals surface area contributed by atoms with Gasteiger partial charge in [-0.15, -0.1) is 0 Å². The van der Waals surface area contributed by atoms with Gasteiger partial charge in [-0.3, -0.25) is 14.3 Å². The highest BCUT2D eigenvalue weighted by Gasteiger charge is 2.42. The van der Waals surface area contributed by atoms with Crippen LogP contribution in [0.4, 0.5) is 5.69 Å². The quantitative estimate of drug-likeness (QED) is 0.310. The Morgan fingerprint density at radius 1 is 1.00 bits per heavy atom. The van der Waals surface area contributed by atoms with Gasteiger partial charge >= 0.3 is 0 Å². The van der Waals surface area contributed by atoms with E-state index in [1.54, 1.807) is 17.5 Å². The molecular weight excluding hydrogens is 488 g/mol. The summed E-state index contributed by atoms with van der Waals surface area (Å²) in [5.41, 5.74) is 3.53. The van der Waals surface area contributed by atoms with E-state index < -0.39 is 0 Å². The molecule has 4 heterocycles. The van der Waals surface area contributed by atoms with Crippen molar-refractivity contribution in [3.63, 3.8) is 0 Å². The Hall–Kier alpha value is -4.08. The van der Waals surface area contributed by atoms with E-state index in [1.807, 2.05) is 83.9 Å². The standard InChI is InChI=1S/C27H22N6OS2/c34-23(29-18-9-2-1-3-10-18)17-33-25(24(31-26(33)35)20-12-6-7-15-28-20)21-13-8-16-32(21)27-30-19-11-4-5-14-22(19)36-27/h1-16,24-25H,17H2,(H,29,34)(H,31,35)/t24-,25-/m0/s1. The summed E-state index contributed by atoms with van der Waals surface area (Å²) >= 11 is 7.38. The van der Waals surface area contributed by atoms with Crippen LogP contribution in [0.15, 0.2) is 97.3 Å². The van der Waals surface area contributed by atoms with E-state index in [-0.39, 0.29) is 24.5 Å². The molecule has 36 heavy (non-hydrogen) atoms. The van der Waals surface area contributed by atoms with Gasteiger partial charge in [-0.25, -0.2) is 4.98 Å². The summed E-state index contributed by atoms with van der Waals surface area (Å²) in [6.07, 6.45) is 3.78. The number of nitrogens with zero attached hydrogens (tertiary/aromatic N) is 4. The molecule has 1 aliphatic rings. The number of benzene rings is 2. The Morgan fingerprint density at radius 2 is 1.81 bits per heavy atom. The third kappa shape index (κ3) is 4.23. The zero-order chi connectivity index (χ0) is 24.5. The van der Waals surface area contributed by atoms with Crippen LogP contribution < -0.4 is 10.6 Å². The highest BCUT2D eigenvalue weighted by Crippen LogP contribution is 2.40. The van der Waals surface area contributed by atoms with Crippen molar-refractivity contribution in [1.29, 1.82) is 0 Å². The van der Waals surface area contributed by atoms with Crippen molar-refractivity contribution >= 4 is 50.5 Å². The van der Waals surface area contributed by atoms with Gasteiger partial charge in [0.15, 0.2) is 10.2 Å². The van der Waals surface area contributed by atoms with E-state index in [0.717, 1.165) is 32.4 Å². The van der Waals surface area contributed by atoms with Gasteiger partial charge in [0.2, 0.25) is 5.91 Å². The Balaban J connectivity index is 1.38. The second-order valence-electron chi connectivity index (χ2n) is 8.44. The van der Waals surface area contributed by atoms with Crippen LogP contribution in [-0.4, -0.2) is 37.0 Å². The van der Waals surface area contributed by atoms with Gasteiger partial charge < -0.3 is 15.5 Å². The molecule has 7 nitrogen and oxygen atoms in total. The lowest BCUT2D eigenvalue weighted by molar-refractivity contribution is -0.116. The molecule has 0 radical (unpaired) electrons. The predicted octanol–water partition coefficient (Wildman–Crippen LogP) is 5.09. The van der Waals surface area contributed by atoms with Crippen LogP contribution in [0.3, 0.4) is 0 Å². The summed E-state index contributed by atoms with van der Waals surface area (Å²) in [5.74, 6) is -0.143. The highest BCUT2D eigenvalue weighted by atomic mass is 32.1. The van der Waals surface area contributed by atoms with Gasteiger partial charge in [0.1, 0.15) is 6.54 Å². The van der Waals surface area contributed by atoms with E-state index >= 15 is 0 Å². The average Bonchev–Trinajstić information content (AvgIpc) is 3.62. The molecule has 2 atom stereocenters. The number of hydrogen-bond acceptors (Lipinski definition) is 5. The second-order valence-corrected chi connectivity index (χ2v) is 9.83. The minimum atomic E-state index is -0.268. The molecule has 5 aromatic rings. The maximum absolute atomic E-state index is 13.1. The van der Waals surface area contributed by atoms with Crippen molar-refractivity contribution < 1.29 is 4.79 Å². The summed E-state index contributed by atoms with van der Waals surface area (Å²) < 4.78 is 3.20. The van der Waals surface area contributed by atoms with Gasteiger partial charge in [0, 0.05) is 18.1 Å². The summed E-state index contributed by atoms with van der Waals surface area (Å²) in [7, 11) is 0. The third-order valence-electron chi connectivity index (χ3n) is 6.14. The van der Waals surface area contributed by atoms with Crippen molar-refractivity contribution in [2.45, 2.75) is 12.1 Å². The molecule has 2 aromatic carbocycles. The van der Waals surface area contributed by atoms with Gasteiger partial charge in [0.25, 0.3) is 0 Å². The Morgan fingerprint density at radius 3 is 2.61 bits per heavy atom. The van der Waals surface area contributed by atoms with E-state index in [4.69, 9.17) is 17.2 Å². The first-order valence-corrected chi connectivity index (χ1v) is 12.8. The first-order chi connectivity index (χ1) is 17.7. The first-order valence-electron chi connectivity index (χ1n) is 11.5. The van der Waals surface area contributed by atoms with Crippen LogP contribution in [0.1, 0.15) is 23.5 Å². The maximum atomic E-state index is 13.1. The summed E-state index contributed by atoms with van der Waals surface area (Å²) in [5, 5.41) is 7.76. The van der Waals surface area contributed by atoms with Gasteiger partial charge in [-0.05, 0) is 60.7 Å². The highest BCUT2D eigenvalue weighted by molar-refractivity contribution is 7.80. The van der Waals surface area contributed by atoms with Gasteiger partial charge in [-0.1, -0.05) is 47.7 Å². The molecule has 1 saturated heterocycles. The maximum Gasteiger partial charge on any atom is 0.244 e. The number of nitrogens with one attached hydrogen (secondary N) is 2. The third-order valence-corrected chi connectivity index (χ3v) is 7.53. The summed E-state index contributed by atoms with van der Waals surface area (Å²) in [6, 6.07) is 26.9. The second kappa shape index (κ2) is 9.52. The molecule has 3 aromatic heterocycles. The molecule has 1 amide bonds. The van der Waals surface area contributed by atoms with Crippen LogP contribution in [-0.2, 0) is 4.79 Å². The number of para-hydroxylation sites is 2. The fourth-order valence-electron chi connectivity index (χ4n) is 4.55. The van der Waals surface area contributed by atoms with E-state index in [1.165, 1.54) is 0 Å². The van der Waals surface area contributed by atoms with Crippen LogP contribution in [0.5, 0.6) is 0 Å². The molecule has 1 fully saturated rings. The number of thiocarbonyl (C=S) groups is 1. The molecule has 0 unspecified atom stereocenters. The van der Waals surface area contributed by atoms with E-state index in [0.29, 0.717) is 5.11 Å². The van der Waals surface area contributed by atoms with Crippen molar-refractivity contribution in [2.75, 3.05) is 11.9 Å². The van der Waals surface area contributed by atoms with Crippen molar-refractivity contribution in [1.82, 2.24) is 24.8 Å². The number of pyridine rings is 1. The molecule has 6 rings (SSSR count). The van der Waals surface area contributed by atoms with Crippen LogP contribution in [0.25, 0.3) is 15.3 Å². The number of hydrogen-bond donors (Lipinski definition) is 2. The van der Waals surface area contributed by atoms with E-state index in [2.05, 4.69) is 32.3 Å². The molecule has 0 saturated carbocycles. The first kappa shape index (κ1) is 22.4. The monoisotopic (exact) mass is 510 g/mol. The number of aromatic nitrogens is 3. The molecule has 2 N–H and O–H groups in total. The molecule has 9 heteroatoms. The molecule has 0 bridgehead atoms. The molecule has 178 valence electrons. The summed E-state index contributed by atoms with van der Waals surface area (Å²) in [4.78, 5) is 24.5.